The number of alkyl halides is 2. The average Bonchev–Trinajstić information content (AvgIpc) is 1.86. The SMILES string of the molecule is CCN[N+](C)(C)NC(C)[I-]C. The van der Waals surface area contributed by atoms with Gasteiger partial charge in [0.15, 0.2) is 0 Å². The molecule has 4 heteroatoms. The summed E-state index contributed by atoms with van der Waals surface area (Å²) in [5, 5.41) is 0. The zero-order chi connectivity index (χ0) is 8.91. The first-order valence-electron chi connectivity index (χ1n) is 3.86. The van der Waals surface area contributed by atoms with Gasteiger partial charge in [-0.2, -0.15) is 0 Å². The third-order valence-corrected chi connectivity index (χ3v) is 3.53. The molecule has 0 rings (SSSR count). The molecule has 0 saturated heterocycles. The second-order valence-corrected chi connectivity index (χ2v) is 6.04. The molecule has 1 unspecified atom stereocenters. The van der Waals surface area contributed by atoms with Crippen molar-refractivity contribution >= 4 is 0 Å². The van der Waals surface area contributed by atoms with E-state index in [9.17, 15) is 0 Å². The van der Waals surface area contributed by atoms with Crippen LogP contribution in [0.25, 0.3) is 0 Å². The van der Waals surface area contributed by atoms with E-state index in [0.717, 1.165) is 6.54 Å². The van der Waals surface area contributed by atoms with Crippen LogP contribution in [0, 0.1) is 0 Å². The van der Waals surface area contributed by atoms with Crippen LogP contribution in [0.3, 0.4) is 0 Å². The van der Waals surface area contributed by atoms with Crippen LogP contribution >= 0.6 is 0 Å². The van der Waals surface area contributed by atoms with Crippen molar-refractivity contribution in [1.29, 1.82) is 0 Å². The zero-order valence-corrected chi connectivity index (χ0v) is 10.3. The summed E-state index contributed by atoms with van der Waals surface area (Å²) in [6.07, 6.45) is 0. The van der Waals surface area contributed by atoms with Gasteiger partial charge in [0.25, 0.3) is 0 Å². The molecule has 70 valence electrons. The van der Waals surface area contributed by atoms with Crippen molar-refractivity contribution in [3.63, 3.8) is 0 Å². The number of halogens is 1. The Balaban J connectivity index is 3.70. The van der Waals surface area contributed by atoms with Gasteiger partial charge >= 0.3 is 80.2 Å². The molecule has 0 aliphatic carbocycles. The summed E-state index contributed by atoms with van der Waals surface area (Å²) in [4.78, 5) is 2.29. The van der Waals surface area contributed by atoms with Crippen LogP contribution < -0.4 is 32.1 Å². The third kappa shape index (κ3) is 5.84. The Hall–Kier alpha value is 0.610. The molecule has 0 heterocycles. The summed E-state index contributed by atoms with van der Waals surface area (Å²) < 4.78 is 1.38. The molecule has 0 saturated carbocycles. The minimum absolute atomic E-state index is 0.301. The Kier molecular flexibility index (Phi) is 5.58. The molecule has 2 N–H and O–H groups in total. The number of rotatable bonds is 5. The quantitative estimate of drug-likeness (QED) is 0.185. The fourth-order valence-corrected chi connectivity index (χ4v) is 1.91. The molecule has 0 bridgehead atoms. The summed E-state index contributed by atoms with van der Waals surface area (Å²) in [5.41, 5.74) is 6.81. The van der Waals surface area contributed by atoms with Gasteiger partial charge in [0.05, 0.1) is 0 Å². The van der Waals surface area contributed by atoms with E-state index in [1.54, 1.807) is 0 Å². The van der Waals surface area contributed by atoms with Crippen LogP contribution in [0.5, 0.6) is 0 Å². The first kappa shape index (κ1) is 11.6. The molecule has 0 amide bonds. The first-order valence-corrected chi connectivity index (χ1v) is 7.27. The van der Waals surface area contributed by atoms with Gasteiger partial charge in [0.2, 0.25) is 0 Å². The Morgan fingerprint density at radius 1 is 1.45 bits per heavy atom. The van der Waals surface area contributed by atoms with Crippen LogP contribution in [0.15, 0.2) is 0 Å². The Labute approximate surface area is 80.3 Å². The Bertz CT molecular complexity index is 106. The van der Waals surface area contributed by atoms with Gasteiger partial charge < -0.3 is 0 Å². The van der Waals surface area contributed by atoms with Crippen LogP contribution in [0.2, 0.25) is 0 Å². The fraction of sp³-hybridized carbons (Fsp3) is 1.00. The minimum atomic E-state index is 0.301. The fourth-order valence-electron chi connectivity index (χ4n) is 0.934. The van der Waals surface area contributed by atoms with E-state index in [2.05, 4.69) is 43.7 Å². The second kappa shape index (κ2) is 5.29. The topological polar surface area (TPSA) is 24.1 Å². The summed E-state index contributed by atoms with van der Waals surface area (Å²) in [6.45, 7) is 5.35. The molecule has 0 aliphatic rings. The molecule has 0 aromatic rings. The number of quaternary nitrogens is 1. The molecular weight excluding hydrogens is 253 g/mol. The van der Waals surface area contributed by atoms with Crippen molar-refractivity contribution in [2.24, 2.45) is 0 Å². The van der Waals surface area contributed by atoms with Gasteiger partial charge in [-0.25, -0.2) is 0 Å². The third-order valence-electron chi connectivity index (χ3n) is 1.38. The van der Waals surface area contributed by atoms with Crippen LogP contribution in [0.4, 0.5) is 0 Å². The van der Waals surface area contributed by atoms with Gasteiger partial charge in [0, 0.05) is 0 Å². The van der Waals surface area contributed by atoms with Crippen molar-refractivity contribution in [2.75, 3.05) is 25.6 Å². The van der Waals surface area contributed by atoms with Gasteiger partial charge in [-0.15, -0.1) is 0 Å². The number of nitrogens with zero attached hydrogens (tertiary/aromatic N) is 1. The molecule has 0 aromatic carbocycles. The second-order valence-electron chi connectivity index (χ2n) is 2.93. The summed E-state index contributed by atoms with van der Waals surface area (Å²) in [5.74, 6) is 0. The van der Waals surface area contributed by atoms with Crippen molar-refractivity contribution in [2.45, 2.75) is 17.9 Å². The maximum atomic E-state index is 3.48. The van der Waals surface area contributed by atoms with E-state index in [1.807, 2.05) is 0 Å². The molecule has 0 aromatic heterocycles. The molecule has 11 heavy (non-hydrogen) atoms. The van der Waals surface area contributed by atoms with Gasteiger partial charge in [-0.1, -0.05) is 0 Å². The molecule has 0 spiro atoms. The summed E-state index contributed by atoms with van der Waals surface area (Å²) in [6, 6.07) is 0. The number of hydrogen-bond acceptors (Lipinski definition) is 2. The summed E-state index contributed by atoms with van der Waals surface area (Å²) in [7, 11) is 4.25. The monoisotopic (exact) mass is 273 g/mol. The van der Waals surface area contributed by atoms with Crippen molar-refractivity contribution < 1.29 is 25.9 Å². The predicted octanol–water partition coefficient (Wildman–Crippen LogP) is -2.84. The van der Waals surface area contributed by atoms with E-state index in [-0.39, 0.29) is 0 Å². The zero-order valence-electron chi connectivity index (χ0n) is 8.11. The summed E-state index contributed by atoms with van der Waals surface area (Å²) >= 11 is 0.301. The van der Waals surface area contributed by atoms with Gasteiger partial charge in [-0.3, -0.25) is 0 Å². The van der Waals surface area contributed by atoms with E-state index >= 15 is 0 Å². The normalized spacial score (nSPS) is 15.4. The van der Waals surface area contributed by atoms with Crippen LogP contribution in [-0.4, -0.2) is 34.3 Å². The van der Waals surface area contributed by atoms with E-state index in [1.165, 1.54) is 0 Å². The molecular formula is C7H20IN3. The van der Waals surface area contributed by atoms with E-state index in [4.69, 9.17) is 0 Å². The van der Waals surface area contributed by atoms with Crippen molar-refractivity contribution in [3.8, 4) is 0 Å². The Morgan fingerprint density at radius 2 is 2.00 bits per heavy atom. The van der Waals surface area contributed by atoms with E-state index in [0.29, 0.717) is 30.0 Å². The molecule has 0 aliphatic heterocycles. The molecule has 1 atom stereocenters. The number of nitrogens with one attached hydrogen (secondary N) is 2. The van der Waals surface area contributed by atoms with Gasteiger partial charge in [-0.05, 0) is 0 Å². The predicted molar refractivity (Wildman–Crippen MR) is 44.3 cm³/mol. The van der Waals surface area contributed by atoms with Crippen molar-refractivity contribution in [3.05, 3.63) is 0 Å². The van der Waals surface area contributed by atoms with Crippen LogP contribution in [0.1, 0.15) is 13.8 Å². The molecule has 0 radical (unpaired) electrons. The average molecular weight is 273 g/mol. The van der Waals surface area contributed by atoms with Crippen LogP contribution in [-0.2, 0) is 0 Å². The molecule has 3 nitrogen and oxygen atoms in total. The standard InChI is InChI=1S/C7H20IN3/c1-6-9-11(4,5)10-7(2)8-3/h7,9-10H,6H2,1-5H3. The van der Waals surface area contributed by atoms with Gasteiger partial charge in [0.1, 0.15) is 0 Å². The Morgan fingerprint density at radius 3 is 2.36 bits per heavy atom. The first-order chi connectivity index (χ1) is 5.02. The van der Waals surface area contributed by atoms with E-state index < -0.39 is 0 Å². The van der Waals surface area contributed by atoms with Crippen molar-refractivity contribution in [1.82, 2.24) is 10.9 Å². The number of hydrogen-bond donors (Lipinski definition) is 2. The maximum absolute atomic E-state index is 3.48. The molecule has 0 fully saturated rings.